The summed E-state index contributed by atoms with van der Waals surface area (Å²) in [4.78, 5) is 23.6. The van der Waals surface area contributed by atoms with Crippen LogP contribution in [0.25, 0.3) is 0 Å². The van der Waals surface area contributed by atoms with Crippen LogP contribution in [0.2, 0.25) is 0 Å². The van der Waals surface area contributed by atoms with Gasteiger partial charge in [0, 0.05) is 25.3 Å². The van der Waals surface area contributed by atoms with Gasteiger partial charge in [0.1, 0.15) is 6.54 Å². The first-order valence-corrected chi connectivity index (χ1v) is 5.74. The van der Waals surface area contributed by atoms with E-state index in [1.165, 1.54) is 4.90 Å². The highest BCUT2D eigenvalue weighted by atomic mass is 19.3. The second-order valence-electron chi connectivity index (χ2n) is 4.38. The van der Waals surface area contributed by atoms with Crippen LogP contribution < -0.4 is 0 Å². The average molecular weight is 249 g/mol. The third-order valence-electron chi connectivity index (χ3n) is 3.09. The first-order chi connectivity index (χ1) is 7.85. The fourth-order valence-corrected chi connectivity index (χ4v) is 2.05. The molecule has 0 bridgehead atoms. The molecule has 0 saturated heterocycles. The Bertz CT molecular complexity index is 297. The van der Waals surface area contributed by atoms with Crippen LogP contribution in [0.3, 0.4) is 0 Å². The van der Waals surface area contributed by atoms with Gasteiger partial charge >= 0.3 is 5.97 Å². The van der Waals surface area contributed by atoms with Crippen molar-refractivity contribution in [3.8, 4) is 0 Å². The molecule has 6 heteroatoms. The molecular formula is C11H17F2NO3. The van der Waals surface area contributed by atoms with Gasteiger partial charge in [-0.25, -0.2) is 8.78 Å². The Morgan fingerprint density at radius 2 is 1.88 bits per heavy atom. The summed E-state index contributed by atoms with van der Waals surface area (Å²) in [5.74, 6) is -4.51. The largest absolute Gasteiger partial charge is 0.480 e. The van der Waals surface area contributed by atoms with Gasteiger partial charge < -0.3 is 10.0 Å². The molecule has 98 valence electrons. The Balaban J connectivity index is 2.55. The highest BCUT2D eigenvalue weighted by Crippen LogP contribution is 2.36. The fraction of sp³-hybridized carbons (Fsp3) is 0.818. The lowest BCUT2D eigenvalue weighted by Crippen LogP contribution is -2.41. The van der Waals surface area contributed by atoms with Crippen molar-refractivity contribution in [2.45, 2.75) is 38.5 Å². The van der Waals surface area contributed by atoms with Crippen molar-refractivity contribution >= 4 is 11.9 Å². The SMILES string of the molecule is CCN(CC(=O)O)C(=O)C1CCC(F)(F)CC1. The molecule has 0 radical (unpaired) electrons. The van der Waals surface area contributed by atoms with E-state index in [4.69, 9.17) is 5.11 Å². The molecule has 0 heterocycles. The van der Waals surface area contributed by atoms with Crippen LogP contribution in [0.5, 0.6) is 0 Å². The minimum atomic E-state index is -2.67. The molecule has 1 aliphatic rings. The normalized spacial score (nSPS) is 19.9. The highest BCUT2D eigenvalue weighted by molar-refractivity contribution is 5.83. The number of alkyl halides is 2. The maximum absolute atomic E-state index is 12.9. The molecule has 1 aliphatic carbocycles. The van der Waals surface area contributed by atoms with Crippen molar-refractivity contribution in [2.75, 3.05) is 13.1 Å². The third-order valence-corrected chi connectivity index (χ3v) is 3.09. The molecule has 1 fully saturated rings. The summed E-state index contributed by atoms with van der Waals surface area (Å²) in [6.45, 7) is 1.61. The van der Waals surface area contributed by atoms with Gasteiger partial charge in [-0.2, -0.15) is 0 Å². The predicted octanol–water partition coefficient (Wildman–Crippen LogP) is 1.74. The molecule has 0 aromatic heterocycles. The summed E-state index contributed by atoms with van der Waals surface area (Å²) in [5.41, 5.74) is 0. The molecule has 1 N–H and O–H groups in total. The number of carboxylic acid groups (broad SMARTS) is 1. The smallest absolute Gasteiger partial charge is 0.323 e. The molecule has 0 atom stereocenters. The predicted molar refractivity (Wildman–Crippen MR) is 56.8 cm³/mol. The number of hydrogen-bond donors (Lipinski definition) is 1. The maximum atomic E-state index is 12.9. The van der Waals surface area contributed by atoms with E-state index in [0.29, 0.717) is 0 Å². The Morgan fingerprint density at radius 3 is 2.29 bits per heavy atom. The number of amides is 1. The van der Waals surface area contributed by atoms with Gasteiger partial charge in [-0.15, -0.1) is 0 Å². The van der Waals surface area contributed by atoms with Gasteiger partial charge in [-0.05, 0) is 19.8 Å². The quantitative estimate of drug-likeness (QED) is 0.825. The van der Waals surface area contributed by atoms with Gasteiger partial charge in [0.25, 0.3) is 0 Å². The minimum Gasteiger partial charge on any atom is -0.480 e. The maximum Gasteiger partial charge on any atom is 0.323 e. The van der Waals surface area contributed by atoms with Crippen LogP contribution in [0.4, 0.5) is 8.78 Å². The Hall–Kier alpha value is -1.20. The van der Waals surface area contributed by atoms with E-state index in [2.05, 4.69) is 0 Å². The average Bonchev–Trinajstić information content (AvgIpc) is 2.24. The number of carbonyl (C=O) groups is 2. The second kappa shape index (κ2) is 5.42. The van der Waals surface area contributed by atoms with E-state index in [-0.39, 0.29) is 44.7 Å². The lowest BCUT2D eigenvalue weighted by atomic mass is 9.86. The second-order valence-corrected chi connectivity index (χ2v) is 4.38. The topological polar surface area (TPSA) is 57.6 Å². The van der Waals surface area contributed by atoms with Crippen molar-refractivity contribution in [3.63, 3.8) is 0 Å². The number of aliphatic carboxylic acids is 1. The van der Waals surface area contributed by atoms with E-state index in [9.17, 15) is 18.4 Å². The van der Waals surface area contributed by atoms with E-state index < -0.39 is 17.8 Å². The van der Waals surface area contributed by atoms with Crippen LogP contribution in [0.1, 0.15) is 32.6 Å². The van der Waals surface area contributed by atoms with Gasteiger partial charge in [0.2, 0.25) is 11.8 Å². The van der Waals surface area contributed by atoms with Crippen LogP contribution in [0.15, 0.2) is 0 Å². The van der Waals surface area contributed by atoms with Gasteiger partial charge in [0.05, 0.1) is 0 Å². The molecule has 1 amide bonds. The monoisotopic (exact) mass is 249 g/mol. The van der Waals surface area contributed by atoms with Crippen molar-refractivity contribution in [1.82, 2.24) is 4.90 Å². The molecule has 0 aromatic carbocycles. The Kier molecular flexibility index (Phi) is 4.42. The summed E-state index contributed by atoms with van der Waals surface area (Å²) in [5, 5.41) is 8.63. The molecule has 4 nitrogen and oxygen atoms in total. The van der Waals surface area contributed by atoms with Crippen molar-refractivity contribution in [2.24, 2.45) is 5.92 Å². The molecule has 0 spiro atoms. The molecule has 17 heavy (non-hydrogen) atoms. The van der Waals surface area contributed by atoms with Crippen LogP contribution in [0, 0.1) is 5.92 Å². The molecule has 1 rings (SSSR count). The zero-order valence-electron chi connectivity index (χ0n) is 9.79. The van der Waals surface area contributed by atoms with E-state index >= 15 is 0 Å². The molecule has 0 aliphatic heterocycles. The van der Waals surface area contributed by atoms with Crippen molar-refractivity contribution in [3.05, 3.63) is 0 Å². The summed E-state index contributed by atoms with van der Waals surface area (Å²) in [7, 11) is 0. The van der Waals surface area contributed by atoms with Crippen molar-refractivity contribution < 1.29 is 23.5 Å². The first kappa shape index (κ1) is 13.9. The van der Waals surface area contributed by atoms with Crippen molar-refractivity contribution in [1.29, 1.82) is 0 Å². The van der Waals surface area contributed by atoms with E-state index in [1.54, 1.807) is 6.92 Å². The van der Waals surface area contributed by atoms with Crippen LogP contribution >= 0.6 is 0 Å². The number of likely N-dealkylation sites (N-methyl/N-ethyl adjacent to an activating group) is 1. The molecule has 1 saturated carbocycles. The molecule has 0 aromatic rings. The molecular weight excluding hydrogens is 232 g/mol. The zero-order valence-corrected chi connectivity index (χ0v) is 9.79. The zero-order chi connectivity index (χ0) is 13.1. The number of carbonyl (C=O) groups excluding carboxylic acids is 1. The number of halogens is 2. The van der Waals surface area contributed by atoms with E-state index in [0.717, 1.165) is 0 Å². The summed E-state index contributed by atoms with van der Waals surface area (Å²) in [6.07, 6.45) is -0.286. The standard InChI is InChI=1S/C11H17F2NO3/c1-2-14(7-9(15)16)10(17)8-3-5-11(12,13)6-4-8/h8H,2-7H2,1H3,(H,15,16). The fourth-order valence-electron chi connectivity index (χ4n) is 2.05. The molecule has 0 unspecified atom stereocenters. The lowest BCUT2D eigenvalue weighted by molar-refractivity contribution is -0.148. The summed E-state index contributed by atoms with van der Waals surface area (Å²) >= 11 is 0. The van der Waals surface area contributed by atoms with Gasteiger partial charge in [0.15, 0.2) is 0 Å². The Labute approximate surface area is 98.6 Å². The van der Waals surface area contributed by atoms with Gasteiger partial charge in [-0.3, -0.25) is 9.59 Å². The summed E-state index contributed by atoms with van der Waals surface area (Å²) < 4.78 is 25.8. The highest BCUT2D eigenvalue weighted by Gasteiger charge is 2.38. The Morgan fingerprint density at radius 1 is 1.35 bits per heavy atom. The van der Waals surface area contributed by atoms with E-state index in [1.807, 2.05) is 0 Å². The lowest BCUT2D eigenvalue weighted by Gasteiger charge is -2.30. The van der Waals surface area contributed by atoms with Gasteiger partial charge in [-0.1, -0.05) is 0 Å². The number of carboxylic acids is 1. The van der Waals surface area contributed by atoms with Crippen LogP contribution in [-0.2, 0) is 9.59 Å². The number of nitrogens with zero attached hydrogens (tertiary/aromatic N) is 1. The first-order valence-electron chi connectivity index (χ1n) is 5.74. The summed E-state index contributed by atoms with van der Waals surface area (Å²) in [6, 6.07) is 0. The third kappa shape index (κ3) is 3.94. The number of rotatable bonds is 4. The minimum absolute atomic E-state index is 0.141. The number of hydrogen-bond acceptors (Lipinski definition) is 2. The van der Waals surface area contributed by atoms with Crippen LogP contribution in [-0.4, -0.2) is 40.9 Å².